The molecule has 0 N–H and O–H groups in total. The van der Waals surface area contributed by atoms with Gasteiger partial charge in [-0.15, -0.1) is 0 Å². The molecule has 0 aliphatic carbocycles. The predicted octanol–water partition coefficient (Wildman–Crippen LogP) is 0.242. The van der Waals surface area contributed by atoms with Crippen LogP contribution in [0.2, 0.25) is 19.6 Å². The molecule has 0 atom stereocenters. The summed E-state index contributed by atoms with van der Waals surface area (Å²) in [6, 6.07) is 0. The van der Waals surface area contributed by atoms with Gasteiger partial charge in [-0.2, -0.15) is 10.2 Å². The Morgan fingerprint density at radius 2 is 1.83 bits per heavy atom. The summed E-state index contributed by atoms with van der Waals surface area (Å²) in [7, 11) is -0.213. The average Bonchev–Trinajstić information content (AvgIpc) is 3.15. The molecular weight excluding hydrogens is 326 g/mol. The SMILES string of the molecule is Cn1c(=O)c2nc(-c3cnn([Si](C)(C)C)n3)n3c2n(c1=O)CCC3. The fraction of sp³-hybridized carbons (Fsp3) is 0.500. The molecular formula is C14H19N7O2Si. The molecule has 1 aliphatic heterocycles. The Hall–Kier alpha value is -2.49. The lowest BCUT2D eigenvalue weighted by Crippen LogP contribution is -2.40. The topological polar surface area (TPSA) is 92.5 Å². The normalized spacial score (nSPS) is 14.5. The first-order chi connectivity index (χ1) is 11.3. The highest BCUT2D eigenvalue weighted by molar-refractivity contribution is 6.73. The van der Waals surface area contributed by atoms with Gasteiger partial charge in [0.1, 0.15) is 5.69 Å². The van der Waals surface area contributed by atoms with Crippen molar-refractivity contribution in [3.63, 3.8) is 0 Å². The van der Waals surface area contributed by atoms with Crippen molar-refractivity contribution in [1.29, 1.82) is 0 Å². The number of aryl methyl sites for hydroxylation is 2. The van der Waals surface area contributed by atoms with E-state index in [-0.39, 0.29) is 11.2 Å². The van der Waals surface area contributed by atoms with Gasteiger partial charge in [-0.05, 0) is 26.1 Å². The largest absolute Gasteiger partial charge is 0.332 e. The van der Waals surface area contributed by atoms with E-state index in [1.165, 1.54) is 7.05 Å². The smallest absolute Gasteiger partial charge is 0.308 e. The Bertz CT molecular complexity index is 1080. The van der Waals surface area contributed by atoms with E-state index < -0.39 is 8.24 Å². The number of hydrogen-bond donors (Lipinski definition) is 0. The van der Waals surface area contributed by atoms with Crippen molar-refractivity contribution in [2.24, 2.45) is 7.05 Å². The Morgan fingerprint density at radius 1 is 1.12 bits per heavy atom. The molecule has 9 nitrogen and oxygen atoms in total. The van der Waals surface area contributed by atoms with Gasteiger partial charge in [-0.25, -0.2) is 14.2 Å². The van der Waals surface area contributed by atoms with E-state index in [0.29, 0.717) is 35.8 Å². The van der Waals surface area contributed by atoms with Gasteiger partial charge < -0.3 is 4.57 Å². The zero-order valence-electron chi connectivity index (χ0n) is 14.1. The third-order valence-electron chi connectivity index (χ3n) is 4.31. The van der Waals surface area contributed by atoms with Gasteiger partial charge in [0.25, 0.3) is 5.56 Å². The summed E-state index contributed by atoms with van der Waals surface area (Å²) in [4.78, 5) is 29.3. The van der Waals surface area contributed by atoms with Crippen LogP contribution in [0, 0.1) is 0 Å². The van der Waals surface area contributed by atoms with Crippen LogP contribution >= 0.6 is 0 Å². The number of imidazole rings is 1. The van der Waals surface area contributed by atoms with Crippen LogP contribution in [0.4, 0.5) is 0 Å². The molecule has 4 rings (SSSR count). The van der Waals surface area contributed by atoms with Crippen LogP contribution in [0.1, 0.15) is 6.42 Å². The minimum atomic E-state index is -1.70. The van der Waals surface area contributed by atoms with E-state index in [2.05, 4.69) is 34.8 Å². The van der Waals surface area contributed by atoms with Crippen molar-refractivity contribution in [2.75, 3.05) is 0 Å². The van der Waals surface area contributed by atoms with Crippen molar-refractivity contribution in [1.82, 2.24) is 33.3 Å². The molecule has 3 aromatic heterocycles. The molecule has 0 fully saturated rings. The third kappa shape index (κ3) is 1.95. The first kappa shape index (κ1) is 15.1. The second kappa shape index (κ2) is 4.76. The van der Waals surface area contributed by atoms with Gasteiger partial charge in [-0.1, -0.05) is 0 Å². The Morgan fingerprint density at radius 3 is 2.50 bits per heavy atom. The van der Waals surface area contributed by atoms with Gasteiger partial charge in [0, 0.05) is 20.1 Å². The summed E-state index contributed by atoms with van der Waals surface area (Å²) < 4.78 is 6.43. The molecule has 3 aromatic rings. The van der Waals surface area contributed by atoms with E-state index in [9.17, 15) is 9.59 Å². The molecule has 0 saturated heterocycles. The van der Waals surface area contributed by atoms with Gasteiger partial charge in [0.2, 0.25) is 8.24 Å². The lowest BCUT2D eigenvalue weighted by Gasteiger charge is -2.18. The maximum atomic E-state index is 12.4. The van der Waals surface area contributed by atoms with Crippen molar-refractivity contribution in [2.45, 2.75) is 39.2 Å². The zero-order chi connectivity index (χ0) is 17.2. The highest BCUT2D eigenvalue weighted by atomic mass is 28.3. The van der Waals surface area contributed by atoms with Gasteiger partial charge in [0.05, 0.1) is 6.20 Å². The summed E-state index contributed by atoms with van der Waals surface area (Å²) in [6.45, 7) is 7.75. The molecule has 0 aromatic carbocycles. The highest BCUT2D eigenvalue weighted by Crippen LogP contribution is 2.24. The minimum Gasteiger partial charge on any atom is -0.308 e. The Labute approximate surface area is 138 Å². The Balaban J connectivity index is 2.04. The van der Waals surface area contributed by atoms with Crippen molar-refractivity contribution >= 4 is 19.4 Å². The highest BCUT2D eigenvalue weighted by Gasteiger charge is 2.26. The molecule has 0 saturated carbocycles. The first-order valence-electron chi connectivity index (χ1n) is 7.92. The molecule has 0 bridgehead atoms. The molecule has 0 spiro atoms. The van der Waals surface area contributed by atoms with Crippen LogP contribution in [0.15, 0.2) is 15.8 Å². The molecule has 0 unspecified atom stereocenters. The van der Waals surface area contributed by atoms with Crippen molar-refractivity contribution in [3.05, 3.63) is 27.0 Å². The number of aromatic nitrogens is 7. The molecule has 126 valence electrons. The summed E-state index contributed by atoms with van der Waals surface area (Å²) in [6.07, 6.45) is 2.50. The van der Waals surface area contributed by atoms with Crippen LogP contribution < -0.4 is 11.2 Å². The van der Waals surface area contributed by atoms with E-state index in [4.69, 9.17) is 0 Å². The summed E-state index contributed by atoms with van der Waals surface area (Å²) >= 11 is 0. The minimum absolute atomic E-state index is 0.300. The maximum absolute atomic E-state index is 12.4. The third-order valence-corrected chi connectivity index (χ3v) is 5.72. The standard InChI is InChI=1S/C14H19N7O2Si/c1-18-13(22)10-12-19(6-5-7-20(12)14(18)23)11(16-10)9-8-15-21(17-9)24(2,3)4/h8H,5-7H2,1-4H3. The van der Waals surface area contributed by atoms with E-state index in [1.54, 1.807) is 15.2 Å². The van der Waals surface area contributed by atoms with Crippen molar-refractivity contribution in [3.8, 4) is 11.5 Å². The monoisotopic (exact) mass is 345 g/mol. The van der Waals surface area contributed by atoms with Crippen LogP contribution in [0.3, 0.4) is 0 Å². The molecule has 1 aliphatic rings. The molecule has 0 radical (unpaired) electrons. The van der Waals surface area contributed by atoms with Crippen LogP contribution in [0.25, 0.3) is 22.7 Å². The van der Waals surface area contributed by atoms with Crippen LogP contribution in [-0.4, -0.2) is 41.6 Å². The molecule has 4 heterocycles. The quantitative estimate of drug-likeness (QED) is 0.621. The second-order valence-corrected chi connectivity index (χ2v) is 11.8. The fourth-order valence-electron chi connectivity index (χ4n) is 3.06. The second-order valence-electron chi connectivity index (χ2n) is 7.10. The predicted molar refractivity (Wildman–Crippen MR) is 91.6 cm³/mol. The van der Waals surface area contributed by atoms with Gasteiger partial charge in [0.15, 0.2) is 17.0 Å². The van der Waals surface area contributed by atoms with E-state index in [0.717, 1.165) is 11.0 Å². The number of rotatable bonds is 2. The maximum Gasteiger partial charge on any atom is 0.332 e. The first-order valence-corrected chi connectivity index (χ1v) is 11.4. The van der Waals surface area contributed by atoms with Gasteiger partial charge in [-0.3, -0.25) is 13.9 Å². The Kier molecular flexibility index (Phi) is 2.98. The van der Waals surface area contributed by atoms with Crippen LogP contribution in [0.5, 0.6) is 0 Å². The molecule has 24 heavy (non-hydrogen) atoms. The fourth-order valence-corrected chi connectivity index (χ4v) is 3.88. The van der Waals surface area contributed by atoms with Gasteiger partial charge >= 0.3 is 5.69 Å². The average molecular weight is 345 g/mol. The molecule has 10 heteroatoms. The number of hydrogen-bond acceptors (Lipinski definition) is 5. The molecule has 0 amide bonds. The van der Waals surface area contributed by atoms with E-state index >= 15 is 0 Å². The van der Waals surface area contributed by atoms with Crippen molar-refractivity contribution < 1.29 is 0 Å². The zero-order valence-corrected chi connectivity index (χ0v) is 15.1. The van der Waals surface area contributed by atoms with Crippen LogP contribution in [-0.2, 0) is 20.1 Å². The van der Waals surface area contributed by atoms with E-state index in [1.807, 2.05) is 4.57 Å². The lowest BCUT2D eigenvalue weighted by atomic mass is 10.3. The summed E-state index contributed by atoms with van der Waals surface area (Å²) in [5.41, 5.74) is 0.870. The summed E-state index contributed by atoms with van der Waals surface area (Å²) in [5.74, 6) is 0.602. The summed E-state index contributed by atoms with van der Waals surface area (Å²) in [5, 5.41) is 8.94. The lowest BCUT2D eigenvalue weighted by molar-refractivity contribution is 0.499. The number of nitrogens with zero attached hydrogens (tertiary/aromatic N) is 7.